The van der Waals surface area contributed by atoms with Crippen LogP contribution in [-0.4, -0.2) is 13.2 Å². The van der Waals surface area contributed by atoms with Gasteiger partial charge in [-0.15, -0.1) is 0 Å². The van der Waals surface area contributed by atoms with Gasteiger partial charge in [-0.2, -0.15) is 0 Å². The van der Waals surface area contributed by atoms with Crippen LogP contribution >= 0.6 is 0 Å². The van der Waals surface area contributed by atoms with E-state index in [0.717, 1.165) is 19.0 Å². The van der Waals surface area contributed by atoms with Gasteiger partial charge >= 0.3 is 0 Å². The molecule has 1 saturated heterocycles. The van der Waals surface area contributed by atoms with Crippen LogP contribution in [0.15, 0.2) is 54.6 Å². The first-order valence-electron chi connectivity index (χ1n) is 6.27. The summed E-state index contributed by atoms with van der Waals surface area (Å²) in [6.07, 6.45) is 0. The molecule has 0 N–H and O–H groups in total. The van der Waals surface area contributed by atoms with Crippen molar-refractivity contribution in [1.82, 2.24) is 0 Å². The zero-order valence-corrected chi connectivity index (χ0v) is 10.2. The SMILES string of the molecule is c1ccc(COc2ccccc2C2COC2)cc1. The van der Waals surface area contributed by atoms with Crippen molar-refractivity contribution in [3.8, 4) is 5.75 Å². The molecule has 1 aliphatic heterocycles. The lowest BCUT2D eigenvalue weighted by Crippen LogP contribution is -2.25. The van der Waals surface area contributed by atoms with Gasteiger partial charge < -0.3 is 9.47 Å². The highest BCUT2D eigenvalue weighted by Crippen LogP contribution is 2.31. The third-order valence-electron chi connectivity index (χ3n) is 3.23. The summed E-state index contributed by atoms with van der Waals surface area (Å²) in [5.41, 5.74) is 2.46. The molecule has 0 amide bonds. The van der Waals surface area contributed by atoms with E-state index in [4.69, 9.17) is 9.47 Å². The molecule has 1 fully saturated rings. The predicted molar refractivity (Wildman–Crippen MR) is 70.8 cm³/mol. The second-order valence-electron chi connectivity index (χ2n) is 4.55. The molecule has 2 aromatic carbocycles. The molecular formula is C16H16O2. The molecule has 1 heterocycles. The van der Waals surface area contributed by atoms with Crippen LogP contribution in [0.3, 0.4) is 0 Å². The van der Waals surface area contributed by atoms with E-state index in [0.29, 0.717) is 12.5 Å². The molecule has 0 unspecified atom stereocenters. The second kappa shape index (κ2) is 5.23. The van der Waals surface area contributed by atoms with Crippen molar-refractivity contribution in [1.29, 1.82) is 0 Å². The lowest BCUT2D eigenvalue weighted by atomic mass is 9.97. The van der Waals surface area contributed by atoms with E-state index in [1.54, 1.807) is 0 Å². The minimum Gasteiger partial charge on any atom is -0.489 e. The van der Waals surface area contributed by atoms with Crippen molar-refractivity contribution in [2.24, 2.45) is 0 Å². The minimum absolute atomic E-state index is 0.497. The minimum atomic E-state index is 0.497. The molecule has 92 valence electrons. The van der Waals surface area contributed by atoms with Crippen LogP contribution in [0.1, 0.15) is 17.0 Å². The van der Waals surface area contributed by atoms with Crippen LogP contribution in [0, 0.1) is 0 Å². The summed E-state index contributed by atoms with van der Waals surface area (Å²) >= 11 is 0. The summed E-state index contributed by atoms with van der Waals surface area (Å²) in [4.78, 5) is 0. The van der Waals surface area contributed by atoms with E-state index in [1.807, 2.05) is 30.3 Å². The third kappa shape index (κ3) is 2.39. The van der Waals surface area contributed by atoms with Crippen LogP contribution in [-0.2, 0) is 11.3 Å². The van der Waals surface area contributed by atoms with E-state index >= 15 is 0 Å². The summed E-state index contributed by atoms with van der Waals surface area (Å²) in [7, 11) is 0. The Kier molecular flexibility index (Phi) is 3.29. The van der Waals surface area contributed by atoms with E-state index in [-0.39, 0.29) is 0 Å². The number of hydrogen-bond donors (Lipinski definition) is 0. The fourth-order valence-electron chi connectivity index (χ4n) is 2.10. The molecule has 2 heteroatoms. The van der Waals surface area contributed by atoms with Crippen molar-refractivity contribution in [2.45, 2.75) is 12.5 Å². The standard InChI is InChI=1S/C16H16O2/c1-2-6-13(7-3-1)10-18-16-9-5-4-8-15(16)14-11-17-12-14/h1-9,14H,10-12H2. The van der Waals surface area contributed by atoms with Crippen molar-refractivity contribution >= 4 is 0 Å². The quantitative estimate of drug-likeness (QED) is 0.815. The van der Waals surface area contributed by atoms with Gasteiger partial charge in [-0.1, -0.05) is 48.5 Å². The van der Waals surface area contributed by atoms with E-state index < -0.39 is 0 Å². The fraction of sp³-hybridized carbons (Fsp3) is 0.250. The molecule has 2 aromatic rings. The lowest BCUT2D eigenvalue weighted by molar-refractivity contribution is 0.00723. The number of rotatable bonds is 4. The summed E-state index contributed by atoms with van der Waals surface area (Å²) in [5, 5.41) is 0. The molecule has 2 nitrogen and oxygen atoms in total. The van der Waals surface area contributed by atoms with Crippen molar-refractivity contribution in [2.75, 3.05) is 13.2 Å². The summed E-state index contributed by atoms with van der Waals surface area (Å²) in [6.45, 7) is 2.24. The summed E-state index contributed by atoms with van der Waals surface area (Å²) in [5.74, 6) is 1.48. The van der Waals surface area contributed by atoms with Gasteiger partial charge in [0.15, 0.2) is 0 Å². The normalized spacial score (nSPS) is 15.1. The van der Waals surface area contributed by atoms with E-state index in [2.05, 4.69) is 24.3 Å². The van der Waals surface area contributed by atoms with E-state index in [9.17, 15) is 0 Å². The first-order valence-corrected chi connectivity index (χ1v) is 6.27. The molecule has 0 radical (unpaired) electrons. The van der Waals surface area contributed by atoms with Gasteiger partial charge in [-0.05, 0) is 11.6 Å². The first-order chi connectivity index (χ1) is 8.93. The molecule has 0 bridgehead atoms. The Hall–Kier alpha value is -1.80. The Morgan fingerprint density at radius 2 is 1.67 bits per heavy atom. The number of ether oxygens (including phenoxy) is 2. The number of benzene rings is 2. The van der Waals surface area contributed by atoms with Crippen molar-refractivity contribution in [3.63, 3.8) is 0 Å². The average molecular weight is 240 g/mol. The number of hydrogen-bond acceptors (Lipinski definition) is 2. The van der Waals surface area contributed by atoms with Crippen LogP contribution in [0.5, 0.6) is 5.75 Å². The van der Waals surface area contributed by atoms with Gasteiger partial charge in [0.2, 0.25) is 0 Å². The Labute approximate surface area is 107 Å². The second-order valence-corrected chi connectivity index (χ2v) is 4.55. The largest absolute Gasteiger partial charge is 0.489 e. The Morgan fingerprint density at radius 3 is 2.39 bits per heavy atom. The first kappa shape index (κ1) is 11.3. The molecule has 0 spiro atoms. The molecule has 3 rings (SSSR count). The Balaban J connectivity index is 1.72. The molecular weight excluding hydrogens is 224 g/mol. The van der Waals surface area contributed by atoms with Crippen molar-refractivity contribution < 1.29 is 9.47 Å². The monoisotopic (exact) mass is 240 g/mol. The maximum absolute atomic E-state index is 5.92. The summed E-state index contributed by atoms with van der Waals surface area (Å²) < 4.78 is 11.2. The van der Waals surface area contributed by atoms with Crippen LogP contribution in [0.4, 0.5) is 0 Å². The molecule has 18 heavy (non-hydrogen) atoms. The summed E-state index contributed by atoms with van der Waals surface area (Å²) in [6, 6.07) is 18.5. The van der Waals surface area contributed by atoms with Gasteiger partial charge in [0.05, 0.1) is 13.2 Å². The van der Waals surface area contributed by atoms with Gasteiger partial charge in [0, 0.05) is 11.5 Å². The molecule has 0 aliphatic carbocycles. The highest BCUT2D eigenvalue weighted by molar-refractivity contribution is 5.37. The zero-order valence-electron chi connectivity index (χ0n) is 10.2. The Bertz CT molecular complexity index is 504. The highest BCUT2D eigenvalue weighted by atomic mass is 16.5. The van der Waals surface area contributed by atoms with Crippen LogP contribution < -0.4 is 4.74 Å². The zero-order chi connectivity index (χ0) is 12.2. The Morgan fingerprint density at radius 1 is 0.944 bits per heavy atom. The van der Waals surface area contributed by atoms with Gasteiger partial charge in [-0.3, -0.25) is 0 Å². The van der Waals surface area contributed by atoms with Crippen LogP contribution in [0.25, 0.3) is 0 Å². The topological polar surface area (TPSA) is 18.5 Å². The van der Waals surface area contributed by atoms with Gasteiger partial charge in [0.25, 0.3) is 0 Å². The van der Waals surface area contributed by atoms with E-state index in [1.165, 1.54) is 11.1 Å². The van der Waals surface area contributed by atoms with Gasteiger partial charge in [0.1, 0.15) is 12.4 Å². The molecule has 0 saturated carbocycles. The number of para-hydroxylation sites is 1. The fourth-order valence-corrected chi connectivity index (χ4v) is 2.10. The van der Waals surface area contributed by atoms with Gasteiger partial charge in [-0.25, -0.2) is 0 Å². The molecule has 1 aliphatic rings. The predicted octanol–water partition coefficient (Wildman–Crippen LogP) is 3.38. The highest BCUT2D eigenvalue weighted by Gasteiger charge is 2.23. The smallest absolute Gasteiger partial charge is 0.123 e. The maximum Gasteiger partial charge on any atom is 0.123 e. The maximum atomic E-state index is 5.92. The molecule has 0 aromatic heterocycles. The van der Waals surface area contributed by atoms with Crippen molar-refractivity contribution in [3.05, 3.63) is 65.7 Å². The lowest BCUT2D eigenvalue weighted by Gasteiger charge is -2.27. The average Bonchev–Trinajstić information content (AvgIpc) is 2.37. The molecule has 0 atom stereocenters. The third-order valence-corrected chi connectivity index (χ3v) is 3.23. The van der Waals surface area contributed by atoms with Crippen LogP contribution in [0.2, 0.25) is 0 Å².